The summed E-state index contributed by atoms with van der Waals surface area (Å²) in [5.74, 6) is 0.123. The van der Waals surface area contributed by atoms with Crippen LogP contribution in [0.25, 0.3) is 0 Å². The van der Waals surface area contributed by atoms with Gasteiger partial charge in [-0.25, -0.2) is 0 Å². The van der Waals surface area contributed by atoms with Crippen molar-refractivity contribution in [3.8, 4) is 0 Å². The highest BCUT2D eigenvalue weighted by Gasteiger charge is 2.16. The normalized spacial score (nSPS) is 15.9. The average Bonchev–Trinajstić information content (AvgIpc) is 2.27. The first kappa shape index (κ1) is 9.52. The van der Waals surface area contributed by atoms with Crippen molar-refractivity contribution in [1.29, 1.82) is 0 Å². The van der Waals surface area contributed by atoms with E-state index in [1.165, 1.54) is 0 Å². The lowest BCUT2D eigenvalue weighted by Crippen LogP contribution is -2.28. The van der Waals surface area contributed by atoms with Gasteiger partial charge in [-0.05, 0) is 23.8 Å². The van der Waals surface area contributed by atoms with Gasteiger partial charge >= 0.3 is 0 Å². The van der Waals surface area contributed by atoms with Crippen LogP contribution in [0.4, 0.5) is 5.69 Å². The van der Waals surface area contributed by atoms with Crippen LogP contribution in [0.1, 0.15) is 5.56 Å². The Morgan fingerprint density at radius 2 is 2.29 bits per heavy atom. The number of carbonyl (C=O) groups excluding carboxylic acids is 1. The molecule has 1 heterocycles. The smallest absolute Gasteiger partial charge is 0.241 e. The van der Waals surface area contributed by atoms with Crippen molar-refractivity contribution in [1.82, 2.24) is 4.90 Å². The zero-order chi connectivity index (χ0) is 10.1. The molecule has 1 aromatic carbocycles. The fraction of sp³-hybridized carbons (Fsp3) is 0.300. The molecule has 3 nitrogen and oxygen atoms in total. The van der Waals surface area contributed by atoms with Crippen LogP contribution in [0.5, 0.6) is 0 Å². The molecule has 1 aliphatic rings. The molecular weight excluding hydrogens is 244 g/mol. The number of likely N-dealkylation sites (N-methyl/N-ethyl adjacent to an activating group) is 1. The molecule has 1 aromatic rings. The summed E-state index contributed by atoms with van der Waals surface area (Å²) < 4.78 is 1.04. The van der Waals surface area contributed by atoms with Gasteiger partial charge in [0.25, 0.3) is 0 Å². The van der Waals surface area contributed by atoms with Gasteiger partial charge in [-0.3, -0.25) is 4.79 Å². The van der Waals surface area contributed by atoms with Crippen LogP contribution >= 0.6 is 15.9 Å². The first-order valence-electron chi connectivity index (χ1n) is 4.43. The second-order valence-electron chi connectivity index (χ2n) is 3.40. The number of rotatable bonds is 0. The fourth-order valence-corrected chi connectivity index (χ4v) is 1.92. The summed E-state index contributed by atoms with van der Waals surface area (Å²) in [4.78, 5) is 13.1. The van der Waals surface area contributed by atoms with E-state index in [1.807, 2.05) is 25.2 Å². The Kier molecular flexibility index (Phi) is 2.46. The lowest BCUT2D eigenvalue weighted by atomic mass is 10.2. The van der Waals surface area contributed by atoms with Crippen molar-refractivity contribution in [2.75, 3.05) is 18.9 Å². The second kappa shape index (κ2) is 3.61. The number of hydrogen-bond acceptors (Lipinski definition) is 2. The van der Waals surface area contributed by atoms with Gasteiger partial charge in [0, 0.05) is 23.8 Å². The van der Waals surface area contributed by atoms with Crippen molar-refractivity contribution >= 4 is 27.5 Å². The first-order chi connectivity index (χ1) is 6.66. The molecule has 1 amide bonds. The number of benzene rings is 1. The lowest BCUT2D eigenvalue weighted by Gasteiger charge is -2.13. The van der Waals surface area contributed by atoms with Crippen LogP contribution < -0.4 is 5.32 Å². The summed E-state index contributed by atoms with van der Waals surface area (Å²) in [5, 5.41) is 3.12. The summed E-state index contributed by atoms with van der Waals surface area (Å²) in [6.07, 6.45) is 0. The van der Waals surface area contributed by atoms with E-state index < -0.39 is 0 Å². The van der Waals surface area contributed by atoms with E-state index >= 15 is 0 Å². The molecule has 14 heavy (non-hydrogen) atoms. The molecule has 4 heteroatoms. The van der Waals surface area contributed by atoms with Crippen LogP contribution in [0.2, 0.25) is 0 Å². The summed E-state index contributed by atoms with van der Waals surface area (Å²) in [6.45, 7) is 1.05. The standard InChI is InChI=1S/C10H11BrN2O/c1-13-6-7-4-8(11)2-3-9(7)12-5-10(13)14/h2-4,12H,5-6H2,1H3. The van der Waals surface area contributed by atoms with E-state index in [-0.39, 0.29) is 5.91 Å². The van der Waals surface area contributed by atoms with Gasteiger partial charge in [0.05, 0.1) is 6.54 Å². The topological polar surface area (TPSA) is 32.3 Å². The molecule has 0 radical (unpaired) electrons. The van der Waals surface area contributed by atoms with Crippen LogP contribution in [0.15, 0.2) is 22.7 Å². The molecule has 0 aromatic heterocycles. The highest BCUT2D eigenvalue weighted by atomic mass is 79.9. The van der Waals surface area contributed by atoms with Crippen LogP contribution in [-0.2, 0) is 11.3 Å². The number of nitrogens with one attached hydrogen (secondary N) is 1. The fourth-order valence-electron chi connectivity index (χ4n) is 1.52. The van der Waals surface area contributed by atoms with Crippen LogP contribution in [0.3, 0.4) is 0 Å². The van der Waals surface area contributed by atoms with E-state index in [0.29, 0.717) is 13.1 Å². The summed E-state index contributed by atoms with van der Waals surface area (Å²) in [7, 11) is 1.82. The van der Waals surface area contributed by atoms with Gasteiger partial charge in [0.15, 0.2) is 0 Å². The van der Waals surface area contributed by atoms with E-state index in [9.17, 15) is 4.79 Å². The SMILES string of the molecule is CN1Cc2cc(Br)ccc2NCC1=O. The van der Waals surface area contributed by atoms with Gasteiger partial charge < -0.3 is 10.2 Å². The first-order valence-corrected chi connectivity index (χ1v) is 5.22. The minimum Gasteiger partial charge on any atom is -0.376 e. The molecule has 0 bridgehead atoms. The molecule has 0 saturated heterocycles. The minimum atomic E-state index is 0.123. The van der Waals surface area contributed by atoms with Crippen molar-refractivity contribution in [2.24, 2.45) is 0 Å². The predicted octanol–water partition coefficient (Wildman–Crippen LogP) is 1.83. The average molecular weight is 255 g/mol. The quantitative estimate of drug-likeness (QED) is 0.767. The Morgan fingerprint density at radius 3 is 3.07 bits per heavy atom. The van der Waals surface area contributed by atoms with Crippen LogP contribution in [0, 0.1) is 0 Å². The van der Waals surface area contributed by atoms with E-state index in [4.69, 9.17) is 0 Å². The predicted molar refractivity (Wildman–Crippen MR) is 59.1 cm³/mol. The van der Waals surface area contributed by atoms with Crippen molar-refractivity contribution in [3.05, 3.63) is 28.2 Å². The van der Waals surface area contributed by atoms with Gasteiger partial charge in [0.2, 0.25) is 5.91 Å². The maximum Gasteiger partial charge on any atom is 0.241 e. The molecule has 0 unspecified atom stereocenters. The number of carbonyl (C=O) groups is 1. The Balaban J connectivity index is 2.38. The number of amides is 1. The monoisotopic (exact) mass is 254 g/mol. The zero-order valence-electron chi connectivity index (χ0n) is 7.88. The highest BCUT2D eigenvalue weighted by Crippen LogP contribution is 2.23. The van der Waals surface area contributed by atoms with Crippen LogP contribution in [-0.4, -0.2) is 24.4 Å². The molecule has 0 atom stereocenters. The Hall–Kier alpha value is -1.03. The molecule has 0 saturated carbocycles. The second-order valence-corrected chi connectivity index (χ2v) is 4.32. The zero-order valence-corrected chi connectivity index (χ0v) is 9.47. The third-order valence-electron chi connectivity index (χ3n) is 2.33. The molecular formula is C10H11BrN2O. The molecule has 2 rings (SSSR count). The number of nitrogens with zero attached hydrogens (tertiary/aromatic N) is 1. The number of halogens is 1. The molecule has 1 N–H and O–H groups in total. The Labute approximate surface area is 91.2 Å². The molecule has 0 aliphatic carbocycles. The maximum absolute atomic E-state index is 11.4. The number of anilines is 1. The maximum atomic E-state index is 11.4. The summed E-state index contributed by atoms with van der Waals surface area (Å²) in [6, 6.07) is 6.00. The molecule has 74 valence electrons. The third kappa shape index (κ3) is 1.75. The highest BCUT2D eigenvalue weighted by molar-refractivity contribution is 9.10. The lowest BCUT2D eigenvalue weighted by molar-refractivity contribution is -0.128. The third-order valence-corrected chi connectivity index (χ3v) is 2.82. The van der Waals surface area contributed by atoms with E-state index in [1.54, 1.807) is 4.90 Å². The molecule has 1 aliphatic heterocycles. The van der Waals surface area contributed by atoms with Crippen molar-refractivity contribution in [3.63, 3.8) is 0 Å². The summed E-state index contributed by atoms with van der Waals surface area (Å²) >= 11 is 3.42. The Bertz CT molecular complexity index is 378. The van der Waals surface area contributed by atoms with E-state index in [2.05, 4.69) is 21.2 Å². The summed E-state index contributed by atoms with van der Waals surface area (Å²) in [5.41, 5.74) is 2.19. The van der Waals surface area contributed by atoms with Crippen molar-refractivity contribution < 1.29 is 4.79 Å². The largest absolute Gasteiger partial charge is 0.376 e. The molecule has 0 spiro atoms. The minimum absolute atomic E-state index is 0.123. The van der Waals surface area contributed by atoms with Gasteiger partial charge in [-0.1, -0.05) is 15.9 Å². The van der Waals surface area contributed by atoms with Gasteiger partial charge in [0.1, 0.15) is 0 Å². The van der Waals surface area contributed by atoms with Crippen molar-refractivity contribution in [2.45, 2.75) is 6.54 Å². The van der Waals surface area contributed by atoms with Gasteiger partial charge in [-0.2, -0.15) is 0 Å². The number of fused-ring (bicyclic) bond motifs is 1. The molecule has 0 fully saturated rings. The van der Waals surface area contributed by atoms with E-state index in [0.717, 1.165) is 15.7 Å². The Morgan fingerprint density at radius 1 is 1.50 bits per heavy atom. The number of hydrogen-bond donors (Lipinski definition) is 1. The van der Waals surface area contributed by atoms with Gasteiger partial charge in [-0.15, -0.1) is 0 Å².